The minimum atomic E-state index is 0.416. The van der Waals surface area contributed by atoms with E-state index in [-0.39, 0.29) is 0 Å². The fourth-order valence-electron chi connectivity index (χ4n) is 0.924. The molecule has 0 saturated heterocycles. The topological polar surface area (TPSA) is 24.9 Å². The molecule has 0 spiro atoms. The standard InChI is InChI=1S/C9H14N2S/c1-6(2)10-7(3)9-5-12-8(4)11-9/h5-6,10H,3H2,1-2,4H3. The summed E-state index contributed by atoms with van der Waals surface area (Å²) >= 11 is 1.65. The molecule has 0 unspecified atom stereocenters. The highest BCUT2D eigenvalue weighted by molar-refractivity contribution is 7.09. The van der Waals surface area contributed by atoms with Gasteiger partial charge in [0.1, 0.15) is 0 Å². The summed E-state index contributed by atoms with van der Waals surface area (Å²) in [6, 6.07) is 0.416. The van der Waals surface area contributed by atoms with Crippen LogP contribution in [-0.2, 0) is 0 Å². The molecule has 0 fully saturated rings. The number of nitrogens with one attached hydrogen (secondary N) is 1. The zero-order valence-electron chi connectivity index (χ0n) is 7.72. The van der Waals surface area contributed by atoms with Gasteiger partial charge in [0.15, 0.2) is 0 Å². The molecule has 0 radical (unpaired) electrons. The lowest BCUT2D eigenvalue weighted by Gasteiger charge is -2.09. The van der Waals surface area contributed by atoms with Gasteiger partial charge >= 0.3 is 0 Å². The van der Waals surface area contributed by atoms with Crippen molar-refractivity contribution in [1.29, 1.82) is 0 Å². The molecular formula is C9H14N2S. The molecule has 2 nitrogen and oxygen atoms in total. The Labute approximate surface area is 77.3 Å². The molecular weight excluding hydrogens is 168 g/mol. The van der Waals surface area contributed by atoms with Gasteiger partial charge in [-0.25, -0.2) is 4.98 Å². The van der Waals surface area contributed by atoms with Crippen LogP contribution < -0.4 is 5.32 Å². The first-order valence-corrected chi connectivity index (χ1v) is 4.85. The largest absolute Gasteiger partial charge is 0.382 e. The van der Waals surface area contributed by atoms with E-state index < -0.39 is 0 Å². The summed E-state index contributed by atoms with van der Waals surface area (Å²) in [5.41, 5.74) is 1.88. The average Bonchev–Trinajstić information content (AvgIpc) is 2.34. The Morgan fingerprint density at radius 3 is 2.75 bits per heavy atom. The molecule has 1 N–H and O–H groups in total. The van der Waals surface area contributed by atoms with Crippen LogP contribution in [0.4, 0.5) is 0 Å². The molecule has 0 aromatic carbocycles. The van der Waals surface area contributed by atoms with Crippen LogP contribution in [0.1, 0.15) is 24.5 Å². The summed E-state index contributed by atoms with van der Waals surface area (Å²) in [6.07, 6.45) is 0. The van der Waals surface area contributed by atoms with Gasteiger partial charge in [0.25, 0.3) is 0 Å². The van der Waals surface area contributed by atoms with Crippen LogP contribution in [0.5, 0.6) is 0 Å². The maximum absolute atomic E-state index is 4.32. The van der Waals surface area contributed by atoms with Crippen molar-refractivity contribution in [1.82, 2.24) is 10.3 Å². The summed E-state index contributed by atoms with van der Waals surface area (Å²) in [7, 11) is 0. The Kier molecular flexibility index (Phi) is 2.87. The van der Waals surface area contributed by atoms with E-state index in [2.05, 4.69) is 30.7 Å². The van der Waals surface area contributed by atoms with Gasteiger partial charge in [0, 0.05) is 11.4 Å². The van der Waals surface area contributed by atoms with E-state index in [4.69, 9.17) is 0 Å². The normalized spacial score (nSPS) is 10.3. The van der Waals surface area contributed by atoms with Crippen LogP contribution in [0.25, 0.3) is 5.70 Å². The van der Waals surface area contributed by atoms with Gasteiger partial charge in [0.05, 0.1) is 16.4 Å². The van der Waals surface area contributed by atoms with E-state index in [1.54, 1.807) is 11.3 Å². The second-order valence-electron chi connectivity index (χ2n) is 3.03. The number of aryl methyl sites for hydroxylation is 1. The first-order chi connectivity index (χ1) is 5.59. The Hall–Kier alpha value is -0.830. The van der Waals surface area contributed by atoms with Gasteiger partial charge < -0.3 is 5.32 Å². The number of hydrogen-bond donors (Lipinski definition) is 1. The molecule has 12 heavy (non-hydrogen) atoms. The van der Waals surface area contributed by atoms with Gasteiger partial charge in [-0.05, 0) is 20.8 Å². The molecule has 0 atom stereocenters. The second kappa shape index (κ2) is 3.72. The molecule has 0 bridgehead atoms. The zero-order valence-corrected chi connectivity index (χ0v) is 8.53. The predicted molar refractivity (Wildman–Crippen MR) is 54.2 cm³/mol. The summed E-state index contributed by atoms with van der Waals surface area (Å²) in [5.74, 6) is 0. The number of thiazole rings is 1. The van der Waals surface area contributed by atoms with Crippen molar-refractivity contribution in [2.75, 3.05) is 0 Å². The summed E-state index contributed by atoms with van der Waals surface area (Å²) in [6.45, 7) is 10.1. The summed E-state index contributed by atoms with van der Waals surface area (Å²) < 4.78 is 0. The lowest BCUT2D eigenvalue weighted by molar-refractivity contribution is 0.716. The fourth-order valence-corrected chi connectivity index (χ4v) is 1.55. The third-order valence-electron chi connectivity index (χ3n) is 1.39. The molecule has 3 heteroatoms. The Bertz CT molecular complexity index is 276. The van der Waals surface area contributed by atoms with Gasteiger partial charge in [-0.3, -0.25) is 0 Å². The molecule has 0 aliphatic heterocycles. The molecule has 1 aromatic heterocycles. The lowest BCUT2D eigenvalue weighted by atomic mass is 10.3. The van der Waals surface area contributed by atoms with Crippen molar-refractivity contribution in [3.63, 3.8) is 0 Å². The number of aromatic nitrogens is 1. The average molecular weight is 182 g/mol. The van der Waals surface area contributed by atoms with E-state index in [9.17, 15) is 0 Å². The highest BCUT2D eigenvalue weighted by Gasteiger charge is 2.03. The van der Waals surface area contributed by atoms with Gasteiger partial charge in [-0.2, -0.15) is 0 Å². The SMILES string of the molecule is C=C(NC(C)C)c1csc(C)n1. The minimum absolute atomic E-state index is 0.416. The van der Waals surface area contributed by atoms with Crippen LogP contribution in [0.15, 0.2) is 12.0 Å². The smallest absolute Gasteiger partial charge is 0.0967 e. The van der Waals surface area contributed by atoms with Crippen molar-refractivity contribution < 1.29 is 0 Å². The van der Waals surface area contributed by atoms with Crippen molar-refractivity contribution in [3.8, 4) is 0 Å². The third-order valence-corrected chi connectivity index (χ3v) is 2.16. The minimum Gasteiger partial charge on any atom is -0.382 e. The summed E-state index contributed by atoms with van der Waals surface area (Å²) in [4.78, 5) is 4.32. The maximum atomic E-state index is 4.32. The molecule has 1 rings (SSSR count). The highest BCUT2D eigenvalue weighted by Crippen LogP contribution is 2.13. The van der Waals surface area contributed by atoms with E-state index >= 15 is 0 Å². The third kappa shape index (κ3) is 2.34. The van der Waals surface area contributed by atoms with Crippen molar-refractivity contribution in [2.24, 2.45) is 0 Å². The lowest BCUT2D eigenvalue weighted by Crippen LogP contribution is -2.20. The molecule has 0 aliphatic rings. The van der Waals surface area contributed by atoms with Crippen LogP contribution in [0, 0.1) is 6.92 Å². The van der Waals surface area contributed by atoms with Crippen molar-refractivity contribution >= 4 is 17.0 Å². The Morgan fingerprint density at radius 1 is 1.67 bits per heavy atom. The van der Waals surface area contributed by atoms with Gasteiger partial charge in [-0.15, -0.1) is 11.3 Å². The van der Waals surface area contributed by atoms with Gasteiger partial charge in [0.2, 0.25) is 0 Å². The van der Waals surface area contributed by atoms with Crippen molar-refractivity contribution in [3.05, 3.63) is 22.7 Å². The van der Waals surface area contributed by atoms with Crippen LogP contribution in [0.3, 0.4) is 0 Å². The van der Waals surface area contributed by atoms with Crippen LogP contribution in [0.2, 0.25) is 0 Å². The Balaban J connectivity index is 2.65. The van der Waals surface area contributed by atoms with Crippen LogP contribution in [-0.4, -0.2) is 11.0 Å². The maximum Gasteiger partial charge on any atom is 0.0967 e. The first-order valence-electron chi connectivity index (χ1n) is 3.97. The molecule has 66 valence electrons. The fraction of sp³-hybridized carbons (Fsp3) is 0.444. The quantitative estimate of drug-likeness (QED) is 0.776. The molecule has 0 saturated carbocycles. The Morgan fingerprint density at radius 2 is 2.33 bits per heavy atom. The van der Waals surface area contributed by atoms with E-state index in [0.717, 1.165) is 16.4 Å². The first kappa shape index (κ1) is 9.26. The zero-order chi connectivity index (χ0) is 9.14. The monoisotopic (exact) mass is 182 g/mol. The van der Waals surface area contributed by atoms with Gasteiger partial charge in [-0.1, -0.05) is 6.58 Å². The number of rotatable bonds is 3. The van der Waals surface area contributed by atoms with Crippen LogP contribution >= 0.6 is 11.3 Å². The molecule has 0 aliphatic carbocycles. The van der Waals surface area contributed by atoms with Crippen molar-refractivity contribution in [2.45, 2.75) is 26.8 Å². The molecule has 1 heterocycles. The number of hydrogen-bond acceptors (Lipinski definition) is 3. The number of nitrogens with zero attached hydrogens (tertiary/aromatic N) is 1. The second-order valence-corrected chi connectivity index (χ2v) is 4.09. The highest BCUT2D eigenvalue weighted by atomic mass is 32.1. The summed E-state index contributed by atoms with van der Waals surface area (Å²) in [5, 5.41) is 6.32. The van der Waals surface area contributed by atoms with E-state index in [0.29, 0.717) is 6.04 Å². The predicted octanol–water partition coefficient (Wildman–Crippen LogP) is 2.42. The van der Waals surface area contributed by atoms with E-state index in [1.807, 2.05) is 12.3 Å². The van der Waals surface area contributed by atoms with E-state index in [1.165, 1.54) is 0 Å². The molecule has 0 amide bonds. The molecule has 1 aromatic rings.